The van der Waals surface area contributed by atoms with E-state index in [1.165, 1.54) is 11.3 Å². The molecule has 2 aromatic carbocycles. The van der Waals surface area contributed by atoms with Crippen molar-refractivity contribution in [1.29, 1.82) is 0 Å². The zero-order valence-corrected chi connectivity index (χ0v) is 17.8. The summed E-state index contributed by atoms with van der Waals surface area (Å²) in [6.45, 7) is 2.55. The Balaban J connectivity index is 1.83. The summed E-state index contributed by atoms with van der Waals surface area (Å²) in [6, 6.07) is 12.4. The molecule has 7 nitrogen and oxygen atoms in total. The summed E-state index contributed by atoms with van der Waals surface area (Å²) in [5.41, 5.74) is 1.83. The Labute approximate surface area is 179 Å². The Kier molecular flexibility index (Phi) is 7.03. The number of nitrogens with one attached hydrogen (secondary N) is 2. The van der Waals surface area contributed by atoms with Gasteiger partial charge in [-0.15, -0.1) is 11.3 Å². The van der Waals surface area contributed by atoms with Crippen molar-refractivity contribution in [3.05, 3.63) is 59.1 Å². The Morgan fingerprint density at radius 1 is 1.03 bits per heavy atom. The van der Waals surface area contributed by atoms with Gasteiger partial charge in [-0.3, -0.25) is 9.59 Å². The highest BCUT2D eigenvalue weighted by Gasteiger charge is 2.19. The molecular weight excluding hydrogens is 402 g/mol. The van der Waals surface area contributed by atoms with Crippen LogP contribution in [0.3, 0.4) is 0 Å². The van der Waals surface area contributed by atoms with Crippen LogP contribution >= 0.6 is 11.3 Å². The lowest BCUT2D eigenvalue weighted by molar-refractivity contribution is 0.0954. The second-order valence-corrected chi connectivity index (χ2v) is 7.19. The van der Waals surface area contributed by atoms with E-state index < -0.39 is 5.91 Å². The minimum absolute atomic E-state index is 0.229. The number of para-hydroxylation sites is 2. The molecule has 2 N–H and O–H groups in total. The van der Waals surface area contributed by atoms with Gasteiger partial charge in [0.05, 0.1) is 31.0 Å². The minimum Gasteiger partial charge on any atom is -0.493 e. The summed E-state index contributed by atoms with van der Waals surface area (Å²) in [7, 11) is 3.12. The molecule has 0 saturated carbocycles. The van der Waals surface area contributed by atoms with Gasteiger partial charge in [-0.05, 0) is 30.7 Å². The third kappa shape index (κ3) is 4.60. The number of benzene rings is 2. The van der Waals surface area contributed by atoms with Gasteiger partial charge in [0.1, 0.15) is 10.7 Å². The number of nitrogens with zero attached hydrogens (tertiary/aromatic N) is 1. The van der Waals surface area contributed by atoms with E-state index in [0.717, 1.165) is 12.0 Å². The van der Waals surface area contributed by atoms with Gasteiger partial charge in [0, 0.05) is 11.9 Å². The van der Waals surface area contributed by atoms with Crippen LogP contribution < -0.4 is 20.1 Å². The second kappa shape index (κ2) is 9.89. The summed E-state index contributed by atoms with van der Waals surface area (Å²) in [5.74, 6) is 0.519. The van der Waals surface area contributed by atoms with Crippen LogP contribution in [-0.2, 0) is 0 Å². The van der Waals surface area contributed by atoms with Gasteiger partial charge >= 0.3 is 0 Å². The van der Waals surface area contributed by atoms with E-state index in [2.05, 4.69) is 15.6 Å². The molecule has 0 bridgehead atoms. The van der Waals surface area contributed by atoms with E-state index >= 15 is 0 Å². The summed E-state index contributed by atoms with van der Waals surface area (Å²) in [5, 5.41) is 7.91. The number of carbonyl (C=O) groups excluding carboxylic acids is 2. The molecule has 156 valence electrons. The molecular formula is C22H23N3O4S. The normalized spacial score (nSPS) is 10.4. The molecule has 0 saturated heterocycles. The molecule has 1 heterocycles. The zero-order chi connectivity index (χ0) is 21.5. The van der Waals surface area contributed by atoms with Gasteiger partial charge in [0.15, 0.2) is 11.5 Å². The molecule has 0 radical (unpaired) electrons. The number of carbonyl (C=O) groups is 2. The topological polar surface area (TPSA) is 89.6 Å². The maximum Gasteiger partial charge on any atom is 0.275 e. The largest absolute Gasteiger partial charge is 0.493 e. The van der Waals surface area contributed by atoms with Crippen LogP contribution in [0.5, 0.6) is 11.5 Å². The first kappa shape index (κ1) is 21.3. The molecule has 1 aromatic heterocycles. The molecule has 0 atom stereocenters. The Morgan fingerprint density at radius 2 is 1.83 bits per heavy atom. The van der Waals surface area contributed by atoms with Crippen molar-refractivity contribution in [2.24, 2.45) is 0 Å². The molecule has 3 aromatic rings. The van der Waals surface area contributed by atoms with Crippen LogP contribution in [-0.4, -0.2) is 37.6 Å². The van der Waals surface area contributed by atoms with Crippen molar-refractivity contribution in [3.63, 3.8) is 0 Å². The SMILES string of the molecule is CCCNC(=O)c1ccccc1NC(=O)c1csc(-c2cccc(OC)c2OC)n1. The molecule has 8 heteroatoms. The fraction of sp³-hybridized carbons (Fsp3) is 0.227. The highest BCUT2D eigenvalue weighted by atomic mass is 32.1. The van der Waals surface area contributed by atoms with E-state index in [9.17, 15) is 9.59 Å². The highest BCUT2D eigenvalue weighted by molar-refractivity contribution is 7.13. The van der Waals surface area contributed by atoms with Crippen LogP contribution in [0.15, 0.2) is 47.8 Å². The van der Waals surface area contributed by atoms with E-state index in [1.807, 2.05) is 19.1 Å². The first-order chi connectivity index (χ1) is 14.6. The monoisotopic (exact) mass is 425 g/mol. The van der Waals surface area contributed by atoms with Crippen LogP contribution in [0.2, 0.25) is 0 Å². The number of thiazole rings is 1. The minimum atomic E-state index is -0.393. The first-order valence-electron chi connectivity index (χ1n) is 9.44. The maximum atomic E-state index is 12.8. The number of amides is 2. The predicted molar refractivity (Wildman–Crippen MR) is 118 cm³/mol. The third-order valence-electron chi connectivity index (χ3n) is 4.33. The fourth-order valence-corrected chi connectivity index (χ4v) is 3.69. The van der Waals surface area contributed by atoms with Crippen molar-refractivity contribution in [3.8, 4) is 22.1 Å². The van der Waals surface area contributed by atoms with Crippen molar-refractivity contribution in [1.82, 2.24) is 10.3 Å². The summed E-state index contributed by atoms with van der Waals surface area (Å²) < 4.78 is 10.8. The molecule has 2 amide bonds. The van der Waals surface area contributed by atoms with Gasteiger partial charge in [-0.25, -0.2) is 4.98 Å². The summed E-state index contributed by atoms with van der Waals surface area (Å²) in [4.78, 5) is 29.6. The van der Waals surface area contributed by atoms with Crippen molar-refractivity contribution in [2.45, 2.75) is 13.3 Å². The summed E-state index contributed by atoms with van der Waals surface area (Å²) >= 11 is 1.33. The van der Waals surface area contributed by atoms with Crippen molar-refractivity contribution >= 4 is 28.8 Å². The van der Waals surface area contributed by atoms with Gasteiger partial charge < -0.3 is 20.1 Å². The lowest BCUT2D eigenvalue weighted by atomic mass is 10.1. The van der Waals surface area contributed by atoms with Gasteiger partial charge in [-0.2, -0.15) is 0 Å². The standard InChI is InChI=1S/C22H23N3O4S/c1-4-12-23-20(26)14-8-5-6-10-16(14)24-21(27)17-13-30-22(25-17)15-9-7-11-18(28-2)19(15)29-3/h5-11,13H,4,12H2,1-3H3,(H,23,26)(H,24,27). The van der Waals surface area contributed by atoms with Gasteiger partial charge in [0.2, 0.25) is 0 Å². The number of ether oxygens (including phenoxy) is 2. The summed E-state index contributed by atoms with van der Waals surface area (Å²) in [6.07, 6.45) is 0.829. The Bertz CT molecular complexity index is 1050. The number of hydrogen-bond donors (Lipinski definition) is 2. The number of methoxy groups -OCH3 is 2. The lowest BCUT2D eigenvalue weighted by Gasteiger charge is -2.11. The quantitative estimate of drug-likeness (QED) is 0.564. The molecule has 3 rings (SSSR count). The van der Waals surface area contributed by atoms with Crippen molar-refractivity contribution in [2.75, 3.05) is 26.1 Å². The molecule has 0 aliphatic carbocycles. The van der Waals surface area contributed by atoms with Gasteiger partial charge in [0.25, 0.3) is 11.8 Å². The second-order valence-electron chi connectivity index (χ2n) is 6.33. The fourth-order valence-electron chi connectivity index (χ4n) is 2.87. The zero-order valence-electron chi connectivity index (χ0n) is 17.0. The third-order valence-corrected chi connectivity index (χ3v) is 5.20. The predicted octanol–water partition coefficient (Wildman–Crippen LogP) is 4.22. The molecule has 0 aliphatic rings. The molecule has 30 heavy (non-hydrogen) atoms. The molecule has 0 unspecified atom stereocenters. The first-order valence-corrected chi connectivity index (χ1v) is 10.3. The van der Waals surface area contributed by atoms with E-state index in [1.54, 1.807) is 49.9 Å². The number of aromatic nitrogens is 1. The molecule has 0 aliphatic heterocycles. The Hall–Kier alpha value is -3.39. The van der Waals surface area contributed by atoms with E-state index in [-0.39, 0.29) is 11.6 Å². The highest BCUT2D eigenvalue weighted by Crippen LogP contribution is 2.39. The average molecular weight is 426 g/mol. The number of hydrogen-bond acceptors (Lipinski definition) is 6. The van der Waals surface area contributed by atoms with E-state index in [0.29, 0.717) is 34.3 Å². The molecule has 0 fully saturated rings. The lowest BCUT2D eigenvalue weighted by Crippen LogP contribution is -2.25. The number of rotatable bonds is 8. The maximum absolute atomic E-state index is 12.8. The van der Waals surface area contributed by atoms with Gasteiger partial charge in [-0.1, -0.05) is 25.1 Å². The van der Waals surface area contributed by atoms with Crippen LogP contribution in [0, 0.1) is 0 Å². The average Bonchev–Trinajstić information content (AvgIpc) is 3.27. The van der Waals surface area contributed by atoms with Crippen LogP contribution in [0.1, 0.15) is 34.2 Å². The molecule has 0 spiro atoms. The van der Waals surface area contributed by atoms with E-state index in [4.69, 9.17) is 9.47 Å². The smallest absolute Gasteiger partial charge is 0.275 e. The van der Waals surface area contributed by atoms with Crippen LogP contribution in [0.25, 0.3) is 10.6 Å². The van der Waals surface area contributed by atoms with Crippen molar-refractivity contribution < 1.29 is 19.1 Å². The number of anilines is 1. The Morgan fingerprint density at radius 3 is 2.57 bits per heavy atom. The van der Waals surface area contributed by atoms with Crippen LogP contribution in [0.4, 0.5) is 5.69 Å².